The maximum absolute atomic E-state index is 6.47. The minimum Gasteiger partial charge on any atom is -0.119 e. The van der Waals surface area contributed by atoms with Gasteiger partial charge < -0.3 is 0 Å². The van der Waals surface area contributed by atoms with E-state index < -0.39 is 0 Å². The van der Waals surface area contributed by atoms with E-state index in [4.69, 9.17) is 11.6 Å². The van der Waals surface area contributed by atoms with Crippen molar-refractivity contribution in [2.24, 2.45) is 5.92 Å². The smallest absolute Gasteiger partial charge is 0.0444 e. The highest BCUT2D eigenvalue weighted by Crippen LogP contribution is 2.32. The van der Waals surface area contributed by atoms with Gasteiger partial charge in [0, 0.05) is 4.87 Å². The Bertz CT molecular complexity index is 110. The molecule has 0 amide bonds. The summed E-state index contributed by atoms with van der Waals surface area (Å²) in [7, 11) is 0. The predicted molar refractivity (Wildman–Crippen MR) is 57.9 cm³/mol. The van der Waals surface area contributed by atoms with E-state index in [-0.39, 0.29) is 4.87 Å². The van der Waals surface area contributed by atoms with Crippen LogP contribution in [0.5, 0.6) is 0 Å². The first kappa shape index (κ1) is 12.3. The molecular formula is C11H23Cl. The number of halogens is 1. The summed E-state index contributed by atoms with van der Waals surface area (Å²) in [5, 5.41) is 0. The van der Waals surface area contributed by atoms with Gasteiger partial charge in [0.25, 0.3) is 0 Å². The molecule has 0 aliphatic heterocycles. The maximum Gasteiger partial charge on any atom is 0.0444 e. The monoisotopic (exact) mass is 190 g/mol. The van der Waals surface area contributed by atoms with Crippen LogP contribution in [-0.2, 0) is 0 Å². The summed E-state index contributed by atoms with van der Waals surface area (Å²) in [6.45, 7) is 8.93. The van der Waals surface area contributed by atoms with E-state index in [0.717, 1.165) is 18.8 Å². The largest absolute Gasteiger partial charge is 0.119 e. The zero-order valence-electron chi connectivity index (χ0n) is 8.99. The van der Waals surface area contributed by atoms with Gasteiger partial charge in [-0.3, -0.25) is 0 Å². The van der Waals surface area contributed by atoms with Crippen LogP contribution in [0.25, 0.3) is 0 Å². The quantitative estimate of drug-likeness (QED) is 0.537. The first-order valence-corrected chi connectivity index (χ1v) is 5.60. The van der Waals surface area contributed by atoms with Crippen LogP contribution < -0.4 is 0 Å². The Kier molecular flexibility index (Phi) is 6.00. The molecule has 0 nitrogen and oxygen atoms in total. The molecule has 0 aliphatic rings. The summed E-state index contributed by atoms with van der Waals surface area (Å²) in [4.78, 5) is 0.0963. The van der Waals surface area contributed by atoms with Crippen molar-refractivity contribution in [3.05, 3.63) is 0 Å². The Morgan fingerprint density at radius 3 is 2.08 bits per heavy atom. The van der Waals surface area contributed by atoms with Crippen molar-refractivity contribution in [1.82, 2.24) is 0 Å². The van der Waals surface area contributed by atoms with Crippen LogP contribution in [-0.4, -0.2) is 4.87 Å². The predicted octanol–water partition coefficient (Wildman–Crippen LogP) is 4.61. The van der Waals surface area contributed by atoms with Crippen molar-refractivity contribution in [3.63, 3.8) is 0 Å². The average Bonchev–Trinajstić information content (AvgIpc) is 2.02. The summed E-state index contributed by atoms with van der Waals surface area (Å²) in [6, 6.07) is 0. The van der Waals surface area contributed by atoms with Crippen LogP contribution in [0.4, 0.5) is 0 Å². The lowest BCUT2D eigenvalue weighted by Crippen LogP contribution is -2.20. The fourth-order valence-electron chi connectivity index (χ4n) is 1.47. The van der Waals surface area contributed by atoms with Crippen molar-refractivity contribution in [3.8, 4) is 0 Å². The summed E-state index contributed by atoms with van der Waals surface area (Å²) in [6.07, 6.45) is 5.91. The Labute approximate surface area is 82.7 Å². The van der Waals surface area contributed by atoms with E-state index >= 15 is 0 Å². The van der Waals surface area contributed by atoms with Crippen molar-refractivity contribution in [1.29, 1.82) is 0 Å². The molecular weight excluding hydrogens is 168 g/mol. The lowest BCUT2D eigenvalue weighted by molar-refractivity contribution is 0.417. The maximum atomic E-state index is 6.47. The van der Waals surface area contributed by atoms with Crippen molar-refractivity contribution >= 4 is 11.6 Å². The van der Waals surface area contributed by atoms with Gasteiger partial charge in [-0.15, -0.1) is 11.6 Å². The molecule has 74 valence electrons. The SMILES string of the molecule is CCCC(Cl)(CC)CCC(C)C. The zero-order valence-corrected chi connectivity index (χ0v) is 9.75. The molecule has 0 aromatic rings. The summed E-state index contributed by atoms with van der Waals surface area (Å²) < 4.78 is 0. The second-order valence-corrected chi connectivity index (χ2v) is 4.99. The van der Waals surface area contributed by atoms with Gasteiger partial charge in [-0.1, -0.05) is 34.1 Å². The minimum atomic E-state index is 0.0963. The van der Waals surface area contributed by atoms with Crippen LogP contribution in [0.15, 0.2) is 0 Å². The van der Waals surface area contributed by atoms with Gasteiger partial charge in [-0.2, -0.15) is 0 Å². The minimum absolute atomic E-state index is 0.0963. The van der Waals surface area contributed by atoms with Gasteiger partial charge in [0.1, 0.15) is 0 Å². The Morgan fingerprint density at radius 2 is 1.75 bits per heavy atom. The van der Waals surface area contributed by atoms with Gasteiger partial charge in [0.15, 0.2) is 0 Å². The molecule has 0 spiro atoms. The topological polar surface area (TPSA) is 0 Å². The van der Waals surface area contributed by atoms with Gasteiger partial charge in [-0.25, -0.2) is 0 Å². The van der Waals surface area contributed by atoms with Gasteiger partial charge in [0.2, 0.25) is 0 Å². The molecule has 0 bridgehead atoms. The zero-order chi connectivity index (χ0) is 9.61. The normalized spacial score (nSPS) is 16.5. The number of alkyl halides is 1. The molecule has 1 atom stereocenters. The highest BCUT2D eigenvalue weighted by atomic mass is 35.5. The third kappa shape index (κ3) is 5.03. The molecule has 12 heavy (non-hydrogen) atoms. The fraction of sp³-hybridized carbons (Fsp3) is 1.00. The average molecular weight is 191 g/mol. The summed E-state index contributed by atoms with van der Waals surface area (Å²) >= 11 is 6.47. The second kappa shape index (κ2) is 5.85. The van der Waals surface area contributed by atoms with Gasteiger partial charge in [0.05, 0.1) is 0 Å². The van der Waals surface area contributed by atoms with E-state index in [1.165, 1.54) is 19.3 Å². The van der Waals surface area contributed by atoms with Gasteiger partial charge >= 0.3 is 0 Å². The molecule has 1 heteroatoms. The van der Waals surface area contributed by atoms with Crippen molar-refractivity contribution in [2.75, 3.05) is 0 Å². The molecule has 0 saturated carbocycles. The molecule has 0 radical (unpaired) electrons. The molecule has 0 aromatic heterocycles. The highest BCUT2D eigenvalue weighted by molar-refractivity contribution is 6.23. The molecule has 0 heterocycles. The standard InChI is InChI=1S/C11H23Cl/c1-5-8-11(12,6-2)9-7-10(3)4/h10H,5-9H2,1-4H3. The Morgan fingerprint density at radius 1 is 1.17 bits per heavy atom. The first-order chi connectivity index (χ1) is 5.54. The van der Waals surface area contributed by atoms with Crippen LogP contribution in [0, 0.1) is 5.92 Å². The molecule has 0 N–H and O–H groups in total. The third-order valence-electron chi connectivity index (χ3n) is 2.50. The lowest BCUT2D eigenvalue weighted by Gasteiger charge is -2.25. The number of hydrogen-bond donors (Lipinski definition) is 0. The molecule has 0 rings (SSSR count). The Hall–Kier alpha value is 0.290. The first-order valence-electron chi connectivity index (χ1n) is 5.23. The lowest BCUT2D eigenvalue weighted by atomic mass is 9.91. The Balaban J connectivity index is 3.78. The molecule has 1 unspecified atom stereocenters. The van der Waals surface area contributed by atoms with Gasteiger partial charge in [-0.05, 0) is 31.6 Å². The van der Waals surface area contributed by atoms with Crippen LogP contribution in [0.3, 0.4) is 0 Å². The molecule has 0 saturated heterocycles. The van der Waals surface area contributed by atoms with E-state index in [9.17, 15) is 0 Å². The van der Waals surface area contributed by atoms with Crippen LogP contribution in [0.2, 0.25) is 0 Å². The van der Waals surface area contributed by atoms with Crippen molar-refractivity contribution < 1.29 is 0 Å². The van der Waals surface area contributed by atoms with Crippen LogP contribution in [0.1, 0.15) is 59.8 Å². The van der Waals surface area contributed by atoms with E-state index in [1.807, 2.05) is 0 Å². The number of hydrogen-bond acceptors (Lipinski definition) is 0. The van der Waals surface area contributed by atoms with Crippen LogP contribution >= 0.6 is 11.6 Å². The fourth-order valence-corrected chi connectivity index (χ4v) is 1.77. The third-order valence-corrected chi connectivity index (χ3v) is 3.15. The second-order valence-electron chi connectivity index (χ2n) is 4.19. The summed E-state index contributed by atoms with van der Waals surface area (Å²) in [5.41, 5.74) is 0. The van der Waals surface area contributed by atoms with E-state index in [2.05, 4.69) is 27.7 Å². The highest BCUT2D eigenvalue weighted by Gasteiger charge is 2.23. The summed E-state index contributed by atoms with van der Waals surface area (Å²) in [5.74, 6) is 0.784. The van der Waals surface area contributed by atoms with Crippen molar-refractivity contribution in [2.45, 2.75) is 64.7 Å². The molecule has 0 aliphatic carbocycles. The number of rotatable bonds is 6. The van der Waals surface area contributed by atoms with E-state index in [0.29, 0.717) is 0 Å². The molecule has 0 fully saturated rings. The van der Waals surface area contributed by atoms with E-state index in [1.54, 1.807) is 0 Å². The molecule has 0 aromatic carbocycles.